The van der Waals surface area contributed by atoms with Crippen LogP contribution in [0.1, 0.15) is 76.4 Å². The number of phosphoric acid groups is 1. The van der Waals surface area contributed by atoms with Crippen LogP contribution in [-0.4, -0.2) is 38.3 Å². The predicted octanol–water partition coefficient (Wildman–Crippen LogP) is 3.44. The lowest BCUT2D eigenvalue weighted by atomic mass is 9.78. The second-order valence-electron chi connectivity index (χ2n) is 11.8. The standard InChI is InChI=1S/C25H33F2N2O9P/c1-23(2,3)15-7-16(24(4,5)6)19-14(18(15)26)11-35-39(34,38-19)36-12-25(27)8-17(31)21(37-25)29-9-13(10-30)20(32)28-22(29)33/h7,9,17,21,30-31H,8,10-12H2,1-6H3,(H,28,32,33)/t17-,21-,25+,39?/m1/s1. The van der Waals surface area contributed by atoms with E-state index >= 15 is 8.78 Å². The van der Waals surface area contributed by atoms with Gasteiger partial charge in [-0.1, -0.05) is 41.5 Å². The topological polar surface area (TPSA) is 149 Å². The quantitative estimate of drug-likeness (QED) is 0.457. The number of H-pyrrole nitrogens is 1. The first kappa shape index (κ1) is 29.6. The summed E-state index contributed by atoms with van der Waals surface area (Å²) >= 11 is 0. The Bertz CT molecular complexity index is 1440. The van der Waals surface area contributed by atoms with Crippen molar-refractivity contribution < 1.29 is 41.9 Å². The first-order valence-electron chi connectivity index (χ1n) is 12.3. The van der Waals surface area contributed by atoms with Crippen LogP contribution in [0, 0.1) is 5.82 Å². The molecule has 0 amide bonds. The molecule has 4 rings (SSSR count). The van der Waals surface area contributed by atoms with Crippen LogP contribution in [0.3, 0.4) is 0 Å². The number of benzene rings is 1. The molecule has 3 N–H and O–H groups in total. The van der Waals surface area contributed by atoms with Gasteiger partial charge in [0.15, 0.2) is 6.23 Å². The number of phosphoric ester groups is 1. The first-order chi connectivity index (χ1) is 17.9. The number of hydrogen-bond acceptors (Lipinski definition) is 9. The van der Waals surface area contributed by atoms with Gasteiger partial charge in [0.25, 0.3) is 5.56 Å². The van der Waals surface area contributed by atoms with Gasteiger partial charge >= 0.3 is 13.5 Å². The largest absolute Gasteiger partial charge is 0.530 e. The van der Waals surface area contributed by atoms with Crippen LogP contribution < -0.4 is 15.8 Å². The van der Waals surface area contributed by atoms with Crippen molar-refractivity contribution in [1.29, 1.82) is 0 Å². The summed E-state index contributed by atoms with van der Waals surface area (Å²) in [6.07, 6.45) is -2.89. The van der Waals surface area contributed by atoms with E-state index in [9.17, 15) is 24.4 Å². The lowest BCUT2D eigenvalue weighted by Gasteiger charge is -2.34. The summed E-state index contributed by atoms with van der Waals surface area (Å²) in [6, 6.07) is 1.66. The van der Waals surface area contributed by atoms with Crippen LogP contribution in [0.2, 0.25) is 0 Å². The summed E-state index contributed by atoms with van der Waals surface area (Å²) in [5.74, 6) is -3.30. The van der Waals surface area contributed by atoms with E-state index < -0.39 is 80.1 Å². The molecule has 0 aliphatic carbocycles. The molecule has 0 spiro atoms. The van der Waals surface area contributed by atoms with Crippen molar-refractivity contribution in [3.05, 3.63) is 61.2 Å². The highest BCUT2D eigenvalue weighted by Gasteiger charge is 2.51. The van der Waals surface area contributed by atoms with Gasteiger partial charge in [-0.3, -0.25) is 23.4 Å². The van der Waals surface area contributed by atoms with Crippen molar-refractivity contribution in [2.45, 2.75) is 90.2 Å². The van der Waals surface area contributed by atoms with E-state index in [1.54, 1.807) is 6.07 Å². The van der Waals surface area contributed by atoms with Crippen LogP contribution in [0.5, 0.6) is 5.75 Å². The molecule has 1 aromatic heterocycles. The third-order valence-corrected chi connectivity index (χ3v) is 7.89. The normalized spacial score (nSPS) is 27.3. The maximum atomic E-state index is 15.6. The predicted molar refractivity (Wildman–Crippen MR) is 135 cm³/mol. The van der Waals surface area contributed by atoms with Gasteiger partial charge in [-0.05, 0) is 22.5 Å². The van der Waals surface area contributed by atoms with Gasteiger partial charge in [-0.25, -0.2) is 18.1 Å². The Morgan fingerprint density at radius 2 is 1.85 bits per heavy atom. The van der Waals surface area contributed by atoms with E-state index in [2.05, 4.69) is 0 Å². The Labute approximate surface area is 223 Å². The number of ether oxygens (including phenoxy) is 1. The first-order valence-corrected chi connectivity index (χ1v) is 13.8. The fourth-order valence-electron chi connectivity index (χ4n) is 4.47. The molecular formula is C25H33F2N2O9P. The van der Waals surface area contributed by atoms with Gasteiger partial charge in [0, 0.05) is 18.2 Å². The van der Waals surface area contributed by atoms with Crippen molar-refractivity contribution in [1.82, 2.24) is 9.55 Å². The minimum absolute atomic E-state index is 0.00271. The fraction of sp³-hybridized carbons (Fsp3) is 0.600. The van der Waals surface area contributed by atoms with Gasteiger partial charge in [-0.2, -0.15) is 0 Å². The average Bonchev–Trinajstić information content (AvgIpc) is 3.11. The maximum Gasteiger partial charge on any atom is 0.530 e. The zero-order valence-electron chi connectivity index (χ0n) is 22.5. The number of nitrogens with one attached hydrogen (secondary N) is 1. The number of aliphatic hydroxyl groups excluding tert-OH is 2. The molecule has 3 heterocycles. The summed E-state index contributed by atoms with van der Waals surface area (Å²) in [5, 5.41) is 19.7. The third-order valence-electron chi connectivity index (χ3n) is 6.59. The highest BCUT2D eigenvalue weighted by molar-refractivity contribution is 7.49. The smallest absolute Gasteiger partial charge is 0.403 e. The molecule has 216 valence electrons. The minimum Gasteiger partial charge on any atom is -0.403 e. The number of rotatable bonds is 5. The highest BCUT2D eigenvalue weighted by Crippen LogP contribution is 2.58. The molecular weight excluding hydrogens is 541 g/mol. The molecule has 0 saturated carbocycles. The van der Waals surface area contributed by atoms with Gasteiger partial charge < -0.3 is 19.5 Å². The summed E-state index contributed by atoms with van der Waals surface area (Å²) in [5.41, 5.74) is -2.07. The Hall–Kier alpha value is -2.41. The molecule has 1 aromatic carbocycles. The number of aromatic amines is 1. The molecule has 14 heteroatoms. The molecule has 1 unspecified atom stereocenters. The van der Waals surface area contributed by atoms with Crippen molar-refractivity contribution in [2.24, 2.45) is 0 Å². The van der Waals surface area contributed by atoms with E-state index in [4.69, 9.17) is 18.3 Å². The van der Waals surface area contributed by atoms with Gasteiger partial charge in [-0.15, -0.1) is 0 Å². The summed E-state index contributed by atoms with van der Waals surface area (Å²) in [4.78, 5) is 25.9. The summed E-state index contributed by atoms with van der Waals surface area (Å²) < 4.78 is 66.5. The molecule has 0 radical (unpaired) electrons. The molecule has 39 heavy (non-hydrogen) atoms. The van der Waals surface area contributed by atoms with E-state index in [-0.39, 0.29) is 16.9 Å². The summed E-state index contributed by atoms with van der Waals surface area (Å²) in [7, 11) is -4.47. The highest BCUT2D eigenvalue weighted by atomic mass is 31.2. The molecule has 4 atom stereocenters. The van der Waals surface area contributed by atoms with E-state index in [0.717, 1.165) is 10.8 Å². The van der Waals surface area contributed by atoms with E-state index in [0.29, 0.717) is 11.1 Å². The minimum atomic E-state index is -4.47. The van der Waals surface area contributed by atoms with Crippen LogP contribution in [-0.2, 0) is 42.4 Å². The van der Waals surface area contributed by atoms with E-state index in [1.807, 2.05) is 46.5 Å². The Kier molecular flexibility index (Phi) is 7.50. The Morgan fingerprint density at radius 3 is 2.44 bits per heavy atom. The van der Waals surface area contributed by atoms with Crippen LogP contribution in [0.15, 0.2) is 21.9 Å². The van der Waals surface area contributed by atoms with Crippen LogP contribution >= 0.6 is 7.82 Å². The van der Waals surface area contributed by atoms with Crippen molar-refractivity contribution in [3.8, 4) is 5.75 Å². The monoisotopic (exact) mass is 574 g/mol. The number of aliphatic hydroxyl groups is 2. The molecule has 11 nitrogen and oxygen atoms in total. The lowest BCUT2D eigenvalue weighted by molar-refractivity contribution is -0.179. The number of fused-ring (bicyclic) bond motifs is 1. The molecule has 1 saturated heterocycles. The maximum absolute atomic E-state index is 15.6. The van der Waals surface area contributed by atoms with Crippen molar-refractivity contribution >= 4 is 7.82 Å². The molecule has 2 aliphatic heterocycles. The summed E-state index contributed by atoms with van der Waals surface area (Å²) in [6.45, 7) is 9.03. The number of alkyl halides is 1. The lowest BCUT2D eigenvalue weighted by Crippen LogP contribution is -2.37. The SMILES string of the molecule is CC(C)(C)c1cc(C(C)(C)C)c2c(c1F)COP(=O)(OC[C@]1(F)C[C@@H](O)[C@H](n3cc(CO)c(=O)[nH]c3=O)O1)O2. The number of nitrogens with zero attached hydrogens (tertiary/aromatic N) is 1. The fourth-order valence-corrected chi connectivity index (χ4v) is 5.73. The number of aromatic nitrogens is 2. The Balaban J connectivity index is 1.58. The van der Waals surface area contributed by atoms with Gasteiger partial charge in [0.1, 0.15) is 24.3 Å². The zero-order valence-corrected chi connectivity index (χ0v) is 23.4. The second kappa shape index (κ2) is 9.90. The molecule has 2 aromatic rings. The molecule has 2 aliphatic rings. The number of halogens is 2. The second-order valence-corrected chi connectivity index (χ2v) is 13.4. The average molecular weight is 575 g/mol. The Morgan fingerprint density at radius 1 is 1.21 bits per heavy atom. The van der Waals surface area contributed by atoms with Crippen molar-refractivity contribution in [3.63, 3.8) is 0 Å². The molecule has 1 fully saturated rings. The van der Waals surface area contributed by atoms with Gasteiger partial charge in [0.2, 0.25) is 5.85 Å². The van der Waals surface area contributed by atoms with E-state index in [1.165, 1.54) is 0 Å². The number of hydrogen-bond donors (Lipinski definition) is 3. The third kappa shape index (κ3) is 5.75. The van der Waals surface area contributed by atoms with Crippen LogP contribution in [0.4, 0.5) is 8.78 Å². The van der Waals surface area contributed by atoms with Crippen molar-refractivity contribution in [2.75, 3.05) is 6.61 Å². The van der Waals surface area contributed by atoms with Gasteiger partial charge in [0.05, 0.1) is 24.3 Å². The zero-order chi connectivity index (χ0) is 29.1. The molecule has 0 bridgehead atoms. The van der Waals surface area contributed by atoms with Crippen LogP contribution in [0.25, 0.3) is 0 Å².